The summed E-state index contributed by atoms with van der Waals surface area (Å²) in [5.41, 5.74) is 0. The summed E-state index contributed by atoms with van der Waals surface area (Å²) in [6, 6.07) is 4.68. The van der Waals surface area contributed by atoms with E-state index in [4.69, 9.17) is 0 Å². The summed E-state index contributed by atoms with van der Waals surface area (Å²) in [7, 11) is -3.76. The molecule has 0 aromatic heterocycles. The van der Waals surface area contributed by atoms with Crippen LogP contribution in [0.2, 0.25) is 0 Å². The first-order valence-corrected chi connectivity index (χ1v) is 5.44. The van der Waals surface area contributed by atoms with E-state index in [9.17, 15) is 12.8 Å². The fourth-order valence-corrected chi connectivity index (χ4v) is 1.71. The average molecular weight is 219 g/mol. The van der Waals surface area contributed by atoms with Crippen molar-refractivity contribution in [2.24, 2.45) is 0 Å². The molecule has 78 valence electrons. The van der Waals surface area contributed by atoms with Crippen molar-refractivity contribution in [2.75, 3.05) is 6.61 Å². The molecule has 0 fully saturated rings. The lowest BCUT2D eigenvalue weighted by atomic mass is 10.4. The Bertz CT molecular complexity index is 405. The number of hydrogen-bond acceptors (Lipinski definition) is 3. The van der Waals surface area contributed by atoms with Gasteiger partial charge in [0.25, 0.3) is 10.0 Å². The largest absolute Gasteiger partial charge is 0.287 e. The Morgan fingerprint density at radius 2 is 2.21 bits per heavy atom. The summed E-state index contributed by atoms with van der Waals surface area (Å²) in [4.78, 5) is 6.23. The SMILES string of the molecule is CCONS(=O)(=O)c1cccc(F)c1. The van der Waals surface area contributed by atoms with E-state index in [0.29, 0.717) is 0 Å². The van der Waals surface area contributed by atoms with Crippen molar-refractivity contribution < 1.29 is 17.6 Å². The predicted octanol–water partition coefficient (Wildman–Crippen LogP) is 1.06. The molecule has 0 radical (unpaired) electrons. The van der Waals surface area contributed by atoms with Crippen LogP contribution in [0, 0.1) is 5.82 Å². The molecule has 0 atom stereocenters. The summed E-state index contributed by atoms with van der Waals surface area (Å²) < 4.78 is 35.4. The number of hydrogen-bond donors (Lipinski definition) is 1. The van der Waals surface area contributed by atoms with Crippen molar-refractivity contribution in [3.8, 4) is 0 Å². The molecular weight excluding hydrogens is 209 g/mol. The smallest absolute Gasteiger partial charge is 0.262 e. The molecule has 0 bridgehead atoms. The molecule has 1 N–H and O–H groups in total. The number of nitrogens with one attached hydrogen (secondary N) is 1. The van der Waals surface area contributed by atoms with Crippen LogP contribution in [0.25, 0.3) is 0 Å². The van der Waals surface area contributed by atoms with Gasteiger partial charge in [-0.2, -0.15) is 0 Å². The van der Waals surface area contributed by atoms with Crippen molar-refractivity contribution in [3.05, 3.63) is 30.1 Å². The van der Waals surface area contributed by atoms with Gasteiger partial charge in [0, 0.05) is 0 Å². The van der Waals surface area contributed by atoms with Crippen molar-refractivity contribution in [1.29, 1.82) is 0 Å². The van der Waals surface area contributed by atoms with Crippen LogP contribution in [0.1, 0.15) is 6.92 Å². The van der Waals surface area contributed by atoms with Crippen LogP contribution < -0.4 is 4.89 Å². The van der Waals surface area contributed by atoms with E-state index in [1.807, 2.05) is 4.89 Å². The second kappa shape index (κ2) is 4.50. The van der Waals surface area contributed by atoms with E-state index in [1.54, 1.807) is 6.92 Å². The number of halogens is 1. The van der Waals surface area contributed by atoms with Crippen molar-refractivity contribution >= 4 is 10.0 Å². The topological polar surface area (TPSA) is 55.4 Å². The molecule has 0 unspecified atom stereocenters. The molecule has 14 heavy (non-hydrogen) atoms. The average Bonchev–Trinajstić information content (AvgIpc) is 2.15. The van der Waals surface area contributed by atoms with Crippen LogP contribution in [0.3, 0.4) is 0 Å². The second-order valence-electron chi connectivity index (χ2n) is 2.48. The third-order valence-corrected chi connectivity index (χ3v) is 2.63. The fraction of sp³-hybridized carbons (Fsp3) is 0.250. The zero-order valence-electron chi connectivity index (χ0n) is 7.53. The van der Waals surface area contributed by atoms with Gasteiger partial charge >= 0.3 is 0 Å². The molecule has 0 spiro atoms. The van der Waals surface area contributed by atoms with Crippen LogP contribution in [-0.4, -0.2) is 15.0 Å². The minimum atomic E-state index is -3.76. The lowest BCUT2D eigenvalue weighted by molar-refractivity contribution is 0.105. The number of benzene rings is 1. The van der Waals surface area contributed by atoms with Crippen LogP contribution in [0.15, 0.2) is 29.2 Å². The lowest BCUT2D eigenvalue weighted by Gasteiger charge is -2.04. The summed E-state index contributed by atoms with van der Waals surface area (Å²) in [6.45, 7) is 1.84. The first-order valence-electron chi connectivity index (χ1n) is 3.95. The Labute approximate surface area is 81.7 Å². The first-order chi connectivity index (χ1) is 6.56. The highest BCUT2D eigenvalue weighted by molar-refractivity contribution is 7.89. The summed E-state index contributed by atoms with van der Waals surface area (Å²) >= 11 is 0. The lowest BCUT2D eigenvalue weighted by Crippen LogP contribution is -2.24. The van der Waals surface area contributed by atoms with Crippen LogP contribution in [-0.2, 0) is 14.9 Å². The van der Waals surface area contributed by atoms with Gasteiger partial charge in [-0.1, -0.05) is 11.0 Å². The minimum Gasteiger partial charge on any atom is -0.287 e. The molecule has 0 aliphatic rings. The zero-order chi connectivity index (χ0) is 10.6. The molecule has 4 nitrogen and oxygen atoms in total. The molecule has 1 aromatic rings. The van der Waals surface area contributed by atoms with Gasteiger partial charge < -0.3 is 0 Å². The van der Waals surface area contributed by atoms with Crippen LogP contribution >= 0.6 is 0 Å². The molecule has 0 saturated heterocycles. The third-order valence-electron chi connectivity index (χ3n) is 1.42. The normalized spacial score (nSPS) is 11.6. The van der Waals surface area contributed by atoms with Gasteiger partial charge in [-0.05, 0) is 25.1 Å². The molecule has 0 heterocycles. The highest BCUT2D eigenvalue weighted by atomic mass is 32.2. The van der Waals surface area contributed by atoms with Gasteiger partial charge in [-0.25, -0.2) is 12.8 Å². The van der Waals surface area contributed by atoms with E-state index in [-0.39, 0.29) is 11.5 Å². The van der Waals surface area contributed by atoms with Gasteiger partial charge in [-0.15, -0.1) is 0 Å². The van der Waals surface area contributed by atoms with Crippen molar-refractivity contribution in [3.63, 3.8) is 0 Å². The maximum absolute atomic E-state index is 12.7. The monoisotopic (exact) mass is 219 g/mol. The quantitative estimate of drug-likeness (QED) is 0.770. The van der Waals surface area contributed by atoms with E-state index >= 15 is 0 Å². The molecule has 1 aromatic carbocycles. The van der Waals surface area contributed by atoms with E-state index in [0.717, 1.165) is 6.07 Å². The van der Waals surface area contributed by atoms with Gasteiger partial charge in [0.05, 0.1) is 11.5 Å². The second-order valence-corrected chi connectivity index (χ2v) is 4.12. The van der Waals surface area contributed by atoms with Crippen molar-refractivity contribution in [2.45, 2.75) is 11.8 Å². The maximum atomic E-state index is 12.7. The van der Waals surface area contributed by atoms with Gasteiger partial charge in [0.15, 0.2) is 0 Å². The fourth-order valence-electron chi connectivity index (χ4n) is 0.819. The number of rotatable bonds is 4. The summed E-state index contributed by atoms with van der Waals surface area (Å²) in [5.74, 6) is -0.607. The highest BCUT2D eigenvalue weighted by Crippen LogP contribution is 2.09. The molecule has 0 saturated carbocycles. The molecule has 6 heteroatoms. The standard InChI is InChI=1S/C8H10FNO3S/c1-2-13-10-14(11,12)8-5-3-4-7(9)6-8/h3-6,10H,2H2,1H3. The Hall–Kier alpha value is -0.980. The molecule has 0 aliphatic heterocycles. The van der Waals surface area contributed by atoms with Gasteiger partial charge in [0.2, 0.25) is 0 Å². The van der Waals surface area contributed by atoms with E-state index in [2.05, 4.69) is 4.84 Å². The molecule has 0 aliphatic carbocycles. The predicted molar refractivity (Wildman–Crippen MR) is 48.3 cm³/mol. The van der Waals surface area contributed by atoms with Crippen LogP contribution in [0.4, 0.5) is 4.39 Å². The molecule has 1 rings (SSSR count). The first kappa shape index (κ1) is 11.1. The Kier molecular flexibility index (Phi) is 3.56. The van der Waals surface area contributed by atoms with E-state index in [1.165, 1.54) is 18.2 Å². The zero-order valence-corrected chi connectivity index (χ0v) is 8.34. The molecular formula is C8H10FNO3S. The highest BCUT2D eigenvalue weighted by Gasteiger charge is 2.13. The maximum Gasteiger partial charge on any atom is 0.262 e. The summed E-state index contributed by atoms with van der Waals surface area (Å²) in [5, 5.41) is 0. The Morgan fingerprint density at radius 1 is 1.50 bits per heavy atom. The van der Waals surface area contributed by atoms with Gasteiger partial charge in [0.1, 0.15) is 5.82 Å². The van der Waals surface area contributed by atoms with Gasteiger partial charge in [-0.3, -0.25) is 4.84 Å². The molecule has 0 amide bonds. The Balaban J connectivity index is 2.93. The van der Waals surface area contributed by atoms with Crippen LogP contribution in [0.5, 0.6) is 0 Å². The summed E-state index contributed by atoms with van der Waals surface area (Å²) in [6.07, 6.45) is 0. The third kappa shape index (κ3) is 2.76. The minimum absolute atomic E-state index is 0.161. The van der Waals surface area contributed by atoms with E-state index < -0.39 is 15.8 Å². The Morgan fingerprint density at radius 3 is 2.79 bits per heavy atom. The van der Waals surface area contributed by atoms with Crippen molar-refractivity contribution in [1.82, 2.24) is 4.89 Å². The number of sulfonamides is 1.